The largest absolute Gasteiger partial charge is 0.339 e. The van der Waals surface area contributed by atoms with Crippen LogP contribution in [0.2, 0.25) is 0 Å². The van der Waals surface area contributed by atoms with Crippen molar-refractivity contribution in [3.05, 3.63) is 70.9 Å². The standard InChI is InChI=1S/C21H24N6O/c1-16-13-27(11-10-26(16)14-17-6-4-3-5-7-17)21-24-19(12-20(28)25(21)2)18-8-9-22-15-23-18/h3-9,12,15-16H,10-11,13-14H2,1-2H3/t16-/m0/s1. The summed E-state index contributed by atoms with van der Waals surface area (Å²) in [6.45, 7) is 5.72. The van der Waals surface area contributed by atoms with Gasteiger partial charge in [-0.1, -0.05) is 30.3 Å². The van der Waals surface area contributed by atoms with E-state index in [4.69, 9.17) is 4.98 Å². The number of piperazine rings is 1. The summed E-state index contributed by atoms with van der Waals surface area (Å²) in [4.78, 5) is 30.1. The molecule has 3 aromatic rings. The molecule has 1 aromatic carbocycles. The second-order valence-corrected chi connectivity index (χ2v) is 7.18. The summed E-state index contributed by atoms with van der Waals surface area (Å²) >= 11 is 0. The number of hydrogen-bond donors (Lipinski definition) is 0. The van der Waals surface area contributed by atoms with Crippen LogP contribution in [0.3, 0.4) is 0 Å². The average molecular weight is 376 g/mol. The number of nitrogens with zero attached hydrogens (tertiary/aromatic N) is 6. The van der Waals surface area contributed by atoms with E-state index < -0.39 is 0 Å². The minimum Gasteiger partial charge on any atom is -0.339 e. The smallest absolute Gasteiger partial charge is 0.255 e. The van der Waals surface area contributed by atoms with Gasteiger partial charge in [-0.05, 0) is 18.6 Å². The molecule has 0 aliphatic carbocycles. The van der Waals surface area contributed by atoms with E-state index >= 15 is 0 Å². The fourth-order valence-corrected chi connectivity index (χ4v) is 3.61. The van der Waals surface area contributed by atoms with Crippen molar-refractivity contribution in [1.82, 2.24) is 24.4 Å². The molecule has 0 radical (unpaired) electrons. The van der Waals surface area contributed by atoms with Crippen molar-refractivity contribution >= 4 is 5.95 Å². The van der Waals surface area contributed by atoms with Crippen LogP contribution in [-0.4, -0.2) is 50.1 Å². The molecule has 1 atom stereocenters. The first-order valence-corrected chi connectivity index (χ1v) is 9.49. The highest BCUT2D eigenvalue weighted by atomic mass is 16.1. The molecule has 1 aliphatic rings. The molecule has 0 unspecified atom stereocenters. The van der Waals surface area contributed by atoms with E-state index in [9.17, 15) is 4.79 Å². The zero-order chi connectivity index (χ0) is 19.5. The molecule has 1 fully saturated rings. The van der Waals surface area contributed by atoms with Crippen LogP contribution < -0.4 is 10.5 Å². The van der Waals surface area contributed by atoms with Crippen LogP contribution in [0.5, 0.6) is 0 Å². The predicted molar refractivity (Wildman–Crippen MR) is 109 cm³/mol. The normalized spacial score (nSPS) is 17.6. The first-order valence-electron chi connectivity index (χ1n) is 9.49. The number of aromatic nitrogens is 4. The fraction of sp³-hybridized carbons (Fsp3) is 0.333. The molecule has 1 aliphatic heterocycles. The maximum atomic E-state index is 12.5. The second-order valence-electron chi connectivity index (χ2n) is 7.18. The molecule has 3 heterocycles. The highest BCUT2D eigenvalue weighted by Crippen LogP contribution is 2.20. The summed E-state index contributed by atoms with van der Waals surface area (Å²) in [5.41, 5.74) is 2.47. The fourth-order valence-electron chi connectivity index (χ4n) is 3.61. The molecule has 28 heavy (non-hydrogen) atoms. The minimum atomic E-state index is -0.0852. The Labute approximate surface area is 164 Å². The lowest BCUT2D eigenvalue weighted by Gasteiger charge is -2.40. The van der Waals surface area contributed by atoms with Gasteiger partial charge in [0.1, 0.15) is 6.33 Å². The van der Waals surface area contributed by atoms with Gasteiger partial charge in [0.25, 0.3) is 5.56 Å². The molecule has 0 spiro atoms. The van der Waals surface area contributed by atoms with Crippen molar-refractivity contribution in [3.8, 4) is 11.4 Å². The Morgan fingerprint density at radius 1 is 1.11 bits per heavy atom. The quantitative estimate of drug-likeness (QED) is 0.693. The van der Waals surface area contributed by atoms with Gasteiger partial charge in [0, 0.05) is 51.5 Å². The number of hydrogen-bond acceptors (Lipinski definition) is 6. The van der Waals surface area contributed by atoms with Gasteiger partial charge in [-0.15, -0.1) is 0 Å². The number of benzene rings is 1. The average Bonchev–Trinajstić information content (AvgIpc) is 2.73. The monoisotopic (exact) mass is 376 g/mol. The Hall–Kier alpha value is -3.06. The van der Waals surface area contributed by atoms with Crippen LogP contribution in [-0.2, 0) is 13.6 Å². The van der Waals surface area contributed by atoms with Gasteiger partial charge < -0.3 is 4.90 Å². The van der Waals surface area contributed by atoms with E-state index in [1.54, 1.807) is 23.9 Å². The summed E-state index contributed by atoms with van der Waals surface area (Å²) < 4.78 is 1.62. The summed E-state index contributed by atoms with van der Waals surface area (Å²) in [5, 5.41) is 0. The first kappa shape index (κ1) is 18.3. The first-order chi connectivity index (χ1) is 13.6. The maximum Gasteiger partial charge on any atom is 0.255 e. The molecule has 0 bridgehead atoms. The summed E-state index contributed by atoms with van der Waals surface area (Å²) in [5.74, 6) is 0.687. The van der Waals surface area contributed by atoms with Crippen molar-refractivity contribution in [2.75, 3.05) is 24.5 Å². The molecular weight excluding hydrogens is 352 g/mol. The van der Waals surface area contributed by atoms with Crippen molar-refractivity contribution in [3.63, 3.8) is 0 Å². The van der Waals surface area contributed by atoms with Crippen molar-refractivity contribution < 1.29 is 0 Å². The molecule has 4 rings (SSSR count). The lowest BCUT2D eigenvalue weighted by molar-refractivity contribution is 0.179. The Morgan fingerprint density at radius 2 is 1.93 bits per heavy atom. The van der Waals surface area contributed by atoms with Gasteiger partial charge in [-0.3, -0.25) is 14.3 Å². The number of anilines is 1. The van der Waals surface area contributed by atoms with Crippen LogP contribution in [0, 0.1) is 0 Å². The van der Waals surface area contributed by atoms with Crippen molar-refractivity contribution in [2.45, 2.75) is 19.5 Å². The highest BCUT2D eigenvalue weighted by molar-refractivity contribution is 5.55. The van der Waals surface area contributed by atoms with E-state index in [-0.39, 0.29) is 5.56 Å². The zero-order valence-electron chi connectivity index (χ0n) is 16.2. The minimum absolute atomic E-state index is 0.0852. The molecule has 1 saturated heterocycles. The Balaban J connectivity index is 1.55. The third-order valence-corrected chi connectivity index (χ3v) is 5.23. The van der Waals surface area contributed by atoms with Gasteiger partial charge in [0.05, 0.1) is 11.4 Å². The maximum absolute atomic E-state index is 12.5. The third kappa shape index (κ3) is 3.80. The molecular formula is C21H24N6O. The molecule has 2 aromatic heterocycles. The van der Waals surface area contributed by atoms with Gasteiger partial charge in [-0.2, -0.15) is 0 Å². The van der Waals surface area contributed by atoms with Crippen LogP contribution in [0.1, 0.15) is 12.5 Å². The van der Waals surface area contributed by atoms with Gasteiger partial charge >= 0.3 is 0 Å². The lowest BCUT2D eigenvalue weighted by Crippen LogP contribution is -2.52. The Morgan fingerprint density at radius 3 is 2.64 bits per heavy atom. The van der Waals surface area contributed by atoms with Crippen molar-refractivity contribution in [2.24, 2.45) is 7.05 Å². The molecule has 0 saturated carbocycles. The summed E-state index contributed by atoms with van der Waals surface area (Å²) in [7, 11) is 1.77. The second kappa shape index (κ2) is 7.90. The van der Waals surface area contributed by atoms with E-state index in [2.05, 4.69) is 51.0 Å². The molecule has 7 heteroatoms. The van der Waals surface area contributed by atoms with Gasteiger partial charge in [-0.25, -0.2) is 15.0 Å². The predicted octanol–water partition coefficient (Wildman–Crippen LogP) is 1.95. The lowest BCUT2D eigenvalue weighted by atomic mass is 10.1. The highest BCUT2D eigenvalue weighted by Gasteiger charge is 2.26. The van der Waals surface area contributed by atoms with Crippen molar-refractivity contribution in [1.29, 1.82) is 0 Å². The van der Waals surface area contributed by atoms with Crippen LogP contribution in [0.4, 0.5) is 5.95 Å². The van der Waals surface area contributed by atoms with Crippen LogP contribution >= 0.6 is 0 Å². The summed E-state index contributed by atoms with van der Waals surface area (Å²) in [6.07, 6.45) is 3.13. The molecule has 7 nitrogen and oxygen atoms in total. The Bertz CT molecular complexity index is 989. The van der Waals surface area contributed by atoms with Crippen LogP contribution in [0.15, 0.2) is 59.8 Å². The number of rotatable bonds is 4. The van der Waals surface area contributed by atoms with Gasteiger partial charge in [0.2, 0.25) is 5.95 Å². The topological polar surface area (TPSA) is 67.2 Å². The van der Waals surface area contributed by atoms with E-state index in [0.717, 1.165) is 26.2 Å². The zero-order valence-corrected chi connectivity index (χ0v) is 16.2. The third-order valence-electron chi connectivity index (χ3n) is 5.23. The Kier molecular flexibility index (Phi) is 5.16. The van der Waals surface area contributed by atoms with E-state index in [1.807, 2.05) is 6.07 Å². The molecule has 0 N–H and O–H groups in total. The molecule has 0 amide bonds. The SMILES string of the molecule is C[C@H]1CN(c2nc(-c3ccncn3)cc(=O)n2C)CCN1Cc1ccccc1. The molecule has 144 valence electrons. The van der Waals surface area contributed by atoms with E-state index in [1.165, 1.54) is 18.0 Å². The summed E-state index contributed by atoms with van der Waals surface area (Å²) in [6, 6.07) is 14.2. The van der Waals surface area contributed by atoms with Gasteiger partial charge in [0.15, 0.2) is 0 Å². The van der Waals surface area contributed by atoms with E-state index in [0.29, 0.717) is 23.4 Å². The van der Waals surface area contributed by atoms with Crippen LogP contribution in [0.25, 0.3) is 11.4 Å².